The van der Waals surface area contributed by atoms with Crippen molar-refractivity contribution >= 4 is 23.2 Å². The minimum absolute atomic E-state index is 0.407. The van der Waals surface area contributed by atoms with Gasteiger partial charge in [0, 0.05) is 29.2 Å². The van der Waals surface area contributed by atoms with E-state index in [4.69, 9.17) is 23.2 Å². The Morgan fingerprint density at radius 3 is 2.73 bits per heavy atom. The maximum absolute atomic E-state index is 6.04. The standard InChI is InChI=1S/C11H16Cl2N2/c1-8(6-14-2)15-7-9-5-10(12)3-4-11(9)13/h3-5,8,14-15H,6-7H2,1-2H3. The van der Waals surface area contributed by atoms with E-state index >= 15 is 0 Å². The minimum atomic E-state index is 0.407. The number of nitrogens with one attached hydrogen (secondary N) is 2. The van der Waals surface area contributed by atoms with Crippen LogP contribution < -0.4 is 10.6 Å². The largest absolute Gasteiger partial charge is 0.318 e. The van der Waals surface area contributed by atoms with Crippen LogP contribution in [0.4, 0.5) is 0 Å². The van der Waals surface area contributed by atoms with Gasteiger partial charge in [-0.2, -0.15) is 0 Å². The van der Waals surface area contributed by atoms with Crippen LogP contribution in [0, 0.1) is 0 Å². The van der Waals surface area contributed by atoms with Gasteiger partial charge in [0.25, 0.3) is 0 Å². The fourth-order valence-corrected chi connectivity index (χ4v) is 1.72. The molecule has 0 saturated heterocycles. The fourth-order valence-electron chi connectivity index (χ4n) is 1.34. The monoisotopic (exact) mass is 246 g/mol. The van der Waals surface area contributed by atoms with Gasteiger partial charge >= 0.3 is 0 Å². The van der Waals surface area contributed by atoms with Crippen LogP contribution >= 0.6 is 23.2 Å². The fraction of sp³-hybridized carbons (Fsp3) is 0.455. The summed E-state index contributed by atoms with van der Waals surface area (Å²) in [5, 5.41) is 7.94. The lowest BCUT2D eigenvalue weighted by molar-refractivity contribution is 0.523. The molecule has 1 atom stereocenters. The van der Waals surface area contributed by atoms with E-state index in [-0.39, 0.29) is 0 Å². The van der Waals surface area contributed by atoms with Gasteiger partial charge in [-0.15, -0.1) is 0 Å². The predicted octanol–water partition coefficient (Wildman–Crippen LogP) is 2.69. The molecule has 0 fully saturated rings. The molecule has 0 amide bonds. The molecule has 0 aromatic heterocycles. The van der Waals surface area contributed by atoms with Gasteiger partial charge in [0.1, 0.15) is 0 Å². The van der Waals surface area contributed by atoms with Crippen molar-refractivity contribution in [3.63, 3.8) is 0 Å². The summed E-state index contributed by atoms with van der Waals surface area (Å²) >= 11 is 11.9. The van der Waals surface area contributed by atoms with Crippen molar-refractivity contribution in [2.75, 3.05) is 13.6 Å². The summed E-state index contributed by atoms with van der Waals surface area (Å²) in [4.78, 5) is 0. The number of benzene rings is 1. The van der Waals surface area contributed by atoms with Crippen LogP contribution in [0.1, 0.15) is 12.5 Å². The van der Waals surface area contributed by atoms with Crippen LogP contribution in [0.25, 0.3) is 0 Å². The average molecular weight is 247 g/mol. The lowest BCUT2D eigenvalue weighted by Crippen LogP contribution is -2.34. The zero-order valence-electron chi connectivity index (χ0n) is 8.98. The summed E-state index contributed by atoms with van der Waals surface area (Å²) in [6, 6.07) is 5.92. The minimum Gasteiger partial charge on any atom is -0.318 e. The number of likely N-dealkylation sites (N-methyl/N-ethyl adjacent to an activating group) is 1. The van der Waals surface area contributed by atoms with E-state index in [1.54, 1.807) is 6.07 Å². The predicted molar refractivity (Wildman–Crippen MR) is 66.7 cm³/mol. The van der Waals surface area contributed by atoms with Crippen LogP contribution in [0.2, 0.25) is 10.0 Å². The average Bonchev–Trinajstić information content (AvgIpc) is 2.20. The summed E-state index contributed by atoms with van der Waals surface area (Å²) in [5.41, 5.74) is 1.03. The highest BCUT2D eigenvalue weighted by atomic mass is 35.5. The number of hydrogen-bond acceptors (Lipinski definition) is 2. The van der Waals surface area contributed by atoms with Crippen LogP contribution in [-0.2, 0) is 6.54 Å². The van der Waals surface area contributed by atoms with Gasteiger partial charge in [-0.25, -0.2) is 0 Å². The van der Waals surface area contributed by atoms with Crippen LogP contribution in [0.15, 0.2) is 18.2 Å². The molecule has 4 heteroatoms. The van der Waals surface area contributed by atoms with Gasteiger partial charge in [-0.3, -0.25) is 0 Å². The first-order valence-electron chi connectivity index (χ1n) is 4.95. The molecule has 0 aliphatic carbocycles. The highest BCUT2D eigenvalue weighted by Crippen LogP contribution is 2.20. The normalized spacial score (nSPS) is 12.8. The molecule has 0 heterocycles. The molecule has 1 aromatic carbocycles. The third kappa shape index (κ3) is 4.39. The second-order valence-corrected chi connectivity index (χ2v) is 4.42. The van der Waals surface area contributed by atoms with E-state index in [9.17, 15) is 0 Å². The van der Waals surface area contributed by atoms with Crippen molar-refractivity contribution in [2.45, 2.75) is 19.5 Å². The van der Waals surface area contributed by atoms with Crippen molar-refractivity contribution in [2.24, 2.45) is 0 Å². The van der Waals surface area contributed by atoms with Gasteiger partial charge in [0.15, 0.2) is 0 Å². The second-order valence-electron chi connectivity index (χ2n) is 3.58. The van der Waals surface area contributed by atoms with Crippen molar-refractivity contribution in [3.05, 3.63) is 33.8 Å². The van der Waals surface area contributed by atoms with E-state index in [0.29, 0.717) is 6.04 Å². The van der Waals surface area contributed by atoms with Crippen LogP contribution in [0.3, 0.4) is 0 Å². The Bertz CT molecular complexity index is 315. The molecule has 84 valence electrons. The van der Waals surface area contributed by atoms with Crippen LogP contribution in [-0.4, -0.2) is 19.6 Å². The Balaban J connectivity index is 2.53. The van der Waals surface area contributed by atoms with Gasteiger partial charge in [0.05, 0.1) is 0 Å². The molecule has 0 saturated carbocycles. The molecular weight excluding hydrogens is 231 g/mol. The number of halogens is 2. The Morgan fingerprint density at radius 1 is 1.33 bits per heavy atom. The molecule has 1 aromatic rings. The SMILES string of the molecule is CNCC(C)NCc1cc(Cl)ccc1Cl. The zero-order chi connectivity index (χ0) is 11.3. The summed E-state index contributed by atoms with van der Waals surface area (Å²) in [7, 11) is 1.94. The molecule has 2 nitrogen and oxygen atoms in total. The molecule has 1 rings (SSSR count). The van der Waals surface area contributed by atoms with Crippen molar-refractivity contribution < 1.29 is 0 Å². The first-order valence-corrected chi connectivity index (χ1v) is 5.71. The Kier molecular flexibility index (Phi) is 5.40. The first-order chi connectivity index (χ1) is 7.13. The maximum Gasteiger partial charge on any atom is 0.0451 e. The molecule has 0 aliphatic rings. The van der Waals surface area contributed by atoms with E-state index < -0.39 is 0 Å². The van der Waals surface area contributed by atoms with Gasteiger partial charge in [-0.05, 0) is 37.7 Å². The summed E-state index contributed by atoms with van der Waals surface area (Å²) in [5.74, 6) is 0. The van der Waals surface area contributed by atoms with Crippen molar-refractivity contribution in [3.8, 4) is 0 Å². The van der Waals surface area contributed by atoms with E-state index in [2.05, 4.69) is 17.6 Å². The van der Waals surface area contributed by atoms with Gasteiger partial charge < -0.3 is 10.6 Å². The molecule has 0 spiro atoms. The summed E-state index contributed by atoms with van der Waals surface area (Å²) < 4.78 is 0. The van der Waals surface area contributed by atoms with Crippen LogP contribution in [0.5, 0.6) is 0 Å². The topological polar surface area (TPSA) is 24.1 Å². The van der Waals surface area contributed by atoms with E-state index in [0.717, 1.165) is 28.7 Å². The van der Waals surface area contributed by atoms with Crippen molar-refractivity contribution in [1.29, 1.82) is 0 Å². The third-order valence-corrected chi connectivity index (χ3v) is 2.76. The van der Waals surface area contributed by atoms with Gasteiger partial charge in [0.2, 0.25) is 0 Å². The Hall–Kier alpha value is -0.280. The second kappa shape index (κ2) is 6.33. The Morgan fingerprint density at radius 2 is 2.07 bits per heavy atom. The zero-order valence-corrected chi connectivity index (χ0v) is 10.5. The van der Waals surface area contributed by atoms with E-state index in [1.165, 1.54) is 0 Å². The highest BCUT2D eigenvalue weighted by molar-refractivity contribution is 6.33. The quantitative estimate of drug-likeness (QED) is 0.835. The maximum atomic E-state index is 6.04. The Labute approximate surface area is 101 Å². The van der Waals surface area contributed by atoms with Gasteiger partial charge in [-0.1, -0.05) is 23.2 Å². The smallest absolute Gasteiger partial charge is 0.0451 e. The van der Waals surface area contributed by atoms with E-state index in [1.807, 2.05) is 19.2 Å². The molecule has 15 heavy (non-hydrogen) atoms. The summed E-state index contributed by atoms with van der Waals surface area (Å²) in [6.07, 6.45) is 0. The molecule has 0 radical (unpaired) electrons. The lowest BCUT2D eigenvalue weighted by atomic mass is 10.2. The molecule has 2 N–H and O–H groups in total. The number of hydrogen-bond donors (Lipinski definition) is 2. The molecular formula is C11H16Cl2N2. The number of rotatable bonds is 5. The highest BCUT2D eigenvalue weighted by Gasteiger charge is 2.03. The lowest BCUT2D eigenvalue weighted by Gasteiger charge is -2.13. The van der Waals surface area contributed by atoms with Crippen molar-refractivity contribution in [1.82, 2.24) is 10.6 Å². The molecule has 0 aliphatic heterocycles. The molecule has 1 unspecified atom stereocenters. The first kappa shape index (κ1) is 12.8. The third-order valence-electron chi connectivity index (χ3n) is 2.16. The molecule has 0 bridgehead atoms. The summed E-state index contributed by atoms with van der Waals surface area (Å²) in [6.45, 7) is 3.79.